The number of hydrogen-bond donors (Lipinski definition) is 1. The van der Waals surface area contributed by atoms with Gasteiger partial charge in [-0.05, 0) is 36.8 Å². The minimum absolute atomic E-state index is 0.675. The van der Waals surface area contributed by atoms with Crippen LogP contribution in [0.4, 0.5) is 5.69 Å². The van der Waals surface area contributed by atoms with Crippen molar-refractivity contribution >= 4 is 28.6 Å². The lowest BCUT2D eigenvalue weighted by Gasteiger charge is -2.05. The van der Waals surface area contributed by atoms with Crippen LogP contribution >= 0.6 is 22.9 Å². The third kappa shape index (κ3) is 3.48. The Labute approximate surface area is 109 Å². The maximum absolute atomic E-state index is 8.78. The van der Waals surface area contributed by atoms with E-state index in [1.807, 2.05) is 30.3 Å². The number of thiophene rings is 1. The number of halogens is 1. The van der Waals surface area contributed by atoms with Crippen molar-refractivity contribution in [3.8, 4) is 6.07 Å². The molecule has 17 heavy (non-hydrogen) atoms. The highest BCUT2D eigenvalue weighted by molar-refractivity contribution is 7.16. The Bertz CT molecular complexity index is 542. The summed E-state index contributed by atoms with van der Waals surface area (Å²) in [7, 11) is 0. The molecule has 0 aliphatic carbocycles. The van der Waals surface area contributed by atoms with Gasteiger partial charge in [0.1, 0.15) is 0 Å². The van der Waals surface area contributed by atoms with Gasteiger partial charge in [0, 0.05) is 17.1 Å². The fourth-order valence-corrected chi connectivity index (χ4v) is 2.60. The van der Waals surface area contributed by atoms with Crippen LogP contribution in [0.2, 0.25) is 4.34 Å². The van der Waals surface area contributed by atoms with E-state index in [1.54, 1.807) is 17.4 Å². The molecule has 1 N–H and O–H groups in total. The van der Waals surface area contributed by atoms with E-state index >= 15 is 0 Å². The van der Waals surface area contributed by atoms with Gasteiger partial charge < -0.3 is 5.32 Å². The third-order valence-electron chi connectivity index (χ3n) is 2.32. The monoisotopic (exact) mass is 262 g/mol. The third-order valence-corrected chi connectivity index (χ3v) is 3.61. The molecule has 0 atom stereocenters. The molecule has 0 fully saturated rings. The van der Waals surface area contributed by atoms with Crippen molar-refractivity contribution in [1.82, 2.24) is 0 Å². The quantitative estimate of drug-likeness (QED) is 0.906. The van der Waals surface area contributed by atoms with Crippen molar-refractivity contribution in [2.75, 3.05) is 11.9 Å². The fourth-order valence-electron chi connectivity index (χ4n) is 1.51. The number of rotatable bonds is 4. The van der Waals surface area contributed by atoms with Crippen LogP contribution < -0.4 is 5.32 Å². The molecule has 0 spiro atoms. The van der Waals surface area contributed by atoms with Gasteiger partial charge in [-0.1, -0.05) is 17.7 Å². The first-order valence-electron chi connectivity index (χ1n) is 5.26. The number of anilines is 1. The van der Waals surface area contributed by atoms with E-state index in [-0.39, 0.29) is 0 Å². The van der Waals surface area contributed by atoms with Crippen molar-refractivity contribution in [2.24, 2.45) is 0 Å². The molecule has 1 heterocycles. The van der Waals surface area contributed by atoms with Crippen molar-refractivity contribution in [3.63, 3.8) is 0 Å². The van der Waals surface area contributed by atoms with Crippen LogP contribution in [-0.4, -0.2) is 6.54 Å². The number of benzene rings is 1. The Balaban J connectivity index is 1.88. The van der Waals surface area contributed by atoms with Gasteiger partial charge in [-0.3, -0.25) is 0 Å². The SMILES string of the molecule is N#Cc1cccc(NCCc2ccc(Cl)s2)c1. The Kier molecular flexibility index (Phi) is 4.03. The predicted octanol–water partition coefficient (Wildman–Crippen LogP) is 3.93. The van der Waals surface area contributed by atoms with Crippen LogP contribution in [0.15, 0.2) is 36.4 Å². The van der Waals surface area contributed by atoms with E-state index in [4.69, 9.17) is 16.9 Å². The maximum atomic E-state index is 8.78. The first-order valence-corrected chi connectivity index (χ1v) is 6.45. The summed E-state index contributed by atoms with van der Waals surface area (Å²) in [6, 6.07) is 13.6. The van der Waals surface area contributed by atoms with Crippen molar-refractivity contribution < 1.29 is 0 Å². The van der Waals surface area contributed by atoms with E-state index < -0.39 is 0 Å². The molecule has 0 saturated carbocycles. The molecule has 1 aromatic carbocycles. The van der Waals surface area contributed by atoms with Gasteiger partial charge in [0.25, 0.3) is 0 Å². The molecule has 1 aromatic heterocycles. The standard InChI is InChI=1S/C13H11ClN2S/c14-13-5-4-12(17-13)6-7-16-11-3-1-2-10(8-11)9-15/h1-5,8,16H,6-7H2. The molecule has 2 nitrogen and oxygen atoms in total. The minimum Gasteiger partial charge on any atom is -0.385 e. The van der Waals surface area contributed by atoms with E-state index in [2.05, 4.69) is 11.4 Å². The Morgan fingerprint density at radius 2 is 2.18 bits per heavy atom. The van der Waals surface area contributed by atoms with Gasteiger partial charge in [-0.15, -0.1) is 11.3 Å². The molecule has 0 saturated heterocycles. The van der Waals surface area contributed by atoms with Crippen molar-refractivity contribution in [1.29, 1.82) is 5.26 Å². The zero-order valence-electron chi connectivity index (χ0n) is 9.11. The molecule has 2 rings (SSSR count). The molecule has 0 unspecified atom stereocenters. The highest BCUT2D eigenvalue weighted by atomic mass is 35.5. The number of nitrogens with zero attached hydrogens (tertiary/aromatic N) is 1. The average Bonchev–Trinajstić information content (AvgIpc) is 2.75. The van der Waals surface area contributed by atoms with Gasteiger partial charge in [0.05, 0.1) is 16.0 Å². The molecule has 0 radical (unpaired) electrons. The first kappa shape index (κ1) is 12.0. The summed E-state index contributed by atoms with van der Waals surface area (Å²) in [5, 5.41) is 12.1. The van der Waals surface area contributed by atoms with Crippen LogP contribution in [-0.2, 0) is 6.42 Å². The maximum Gasteiger partial charge on any atom is 0.0992 e. The second kappa shape index (κ2) is 5.72. The van der Waals surface area contributed by atoms with Gasteiger partial charge in [-0.2, -0.15) is 5.26 Å². The van der Waals surface area contributed by atoms with Crippen LogP contribution in [0, 0.1) is 11.3 Å². The molecule has 0 aliphatic rings. The smallest absolute Gasteiger partial charge is 0.0992 e. The average molecular weight is 263 g/mol. The summed E-state index contributed by atoms with van der Waals surface area (Å²) in [5.74, 6) is 0. The summed E-state index contributed by atoms with van der Waals surface area (Å²) in [6.07, 6.45) is 0.939. The fraction of sp³-hybridized carbons (Fsp3) is 0.154. The Hall–Kier alpha value is -1.50. The normalized spacial score (nSPS) is 9.88. The zero-order chi connectivity index (χ0) is 12.1. The largest absolute Gasteiger partial charge is 0.385 e. The van der Waals surface area contributed by atoms with E-state index in [0.717, 1.165) is 23.0 Å². The zero-order valence-corrected chi connectivity index (χ0v) is 10.7. The Morgan fingerprint density at radius 3 is 2.88 bits per heavy atom. The molecule has 4 heteroatoms. The molecule has 0 bridgehead atoms. The lowest BCUT2D eigenvalue weighted by molar-refractivity contribution is 1.04. The van der Waals surface area contributed by atoms with Gasteiger partial charge in [-0.25, -0.2) is 0 Å². The Morgan fingerprint density at radius 1 is 1.29 bits per heavy atom. The summed E-state index contributed by atoms with van der Waals surface area (Å²) < 4.78 is 0.825. The van der Waals surface area contributed by atoms with Crippen LogP contribution in [0.5, 0.6) is 0 Å². The summed E-state index contributed by atoms with van der Waals surface area (Å²) in [6.45, 7) is 0.839. The molecular weight excluding hydrogens is 252 g/mol. The van der Waals surface area contributed by atoms with E-state index in [1.165, 1.54) is 4.88 Å². The van der Waals surface area contributed by atoms with Gasteiger partial charge in [0.2, 0.25) is 0 Å². The second-order valence-corrected chi connectivity index (χ2v) is 5.37. The van der Waals surface area contributed by atoms with Crippen LogP contribution in [0.1, 0.15) is 10.4 Å². The number of nitrogens with one attached hydrogen (secondary N) is 1. The molecule has 2 aromatic rings. The number of nitriles is 1. The highest BCUT2D eigenvalue weighted by Crippen LogP contribution is 2.21. The predicted molar refractivity (Wildman–Crippen MR) is 72.7 cm³/mol. The van der Waals surface area contributed by atoms with E-state index in [9.17, 15) is 0 Å². The second-order valence-electron chi connectivity index (χ2n) is 3.58. The first-order chi connectivity index (χ1) is 8.28. The molecule has 86 valence electrons. The van der Waals surface area contributed by atoms with Crippen molar-refractivity contribution in [2.45, 2.75) is 6.42 Å². The highest BCUT2D eigenvalue weighted by Gasteiger charge is 1.98. The topological polar surface area (TPSA) is 35.8 Å². The lowest BCUT2D eigenvalue weighted by Crippen LogP contribution is -2.03. The lowest BCUT2D eigenvalue weighted by atomic mass is 10.2. The summed E-state index contributed by atoms with van der Waals surface area (Å²) in [5.41, 5.74) is 1.65. The molecular formula is C13H11ClN2S. The van der Waals surface area contributed by atoms with E-state index in [0.29, 0.717) is 5.56 Å². The number of hydrogen-bond acceptors (Lipinski definition) is 3. The summed E-state index contributed by atoms with van der Waals surface area (Å²) in [4.78, 5) is 1.26. The van der Waals surface area contributed by atoms with Crippen molar-refractivity contribution in [3.05, 3.63) is 51.2 Å². The summed E-state index contributed by atoms with van der Waals surface area (Å²) >= 11 is 7.46. The minimum atomic E-state index is 0.675. The van der Waals surface area contributed by atoms with Gasteiger partial charge >= 0.3 is 0 Å². The molecule has 0 aliphatic heterocycles. The van der Waals surface area contributed by atoms with Crippen LogP contribution in [0.25, 0.3) is 0 Å². The molecule has 0 amide bonds. The van der Waals surface area contributed by atoms with Gasteiger partial charge in [0.15, 0.2) is 0 Å². The van der Waals surface area contributed by atoms with Crippen LogP contribution in [0.3, 0.4) is 0 Å².